The summed E-state index contributed by atoms with van der Waals surface area (Å²) < 4.78 is 161. The van der Waals surface area contributed by atoms with Gasteiger partial charge in [0.05, 0.1) is 11.3 Å². The highest BCUT2D eigenvalue weighted by molar-refractivity contribution is 14.1. The number of rotatable bonds is 7. The lowest BCUT2D eigenvalue weighted by atomic mass is 9.94. The van der Waals surface area contributed by atoms with Crippen LogP contribution in [0.5, 0.6) is 0 Å². The minimum atomic E-state index is -7.33. The summed E-state index contributed by atoms with van der Waals surface area (Å²) in [5.74, 6) is -22.8. The van der Waals surface area contributed by atoms with E-state index in [0.717, 1.165) is 39.6 Å². The van der Waals surface area contributed by atoms with Crippen LogP contribution in [0.4, 0.5) is 64.1 Å². The van der Waals surface area contributed by atoms with E-state index in [1.807, 2.05) is 0 Å². The summed E-state index contributed by atoms with van der Waals surface area (Å²) >= 11 is 0.887. The van der Waals surface area contributed by atoms with Crippen LogP contribution in [0.2, 0.25) is 0 Å². The van der Waals surface area contributed by atoms with E-state index in [2.05, 4.69) is 0 Å². The molecule has 0 aliphatic rings. The number of amides is 2. The summed E-state index contributed by atoms with van der Waals surface area (Å²) in [7, 11) is 1.33. The first kappa shape index (κ1) is 34.0. The fourth-order valence-corrected chi connectivity index (χ4v) is 4.39. The van der Waals surface area contributed by atoms with E-state index < -0.39 is 68.4 Å². The van der Waals surface area contributed by atoms with Gasteiger partial charge in [-0.05, 0) is 65.1 Å². The quantitative estimate of drug-likeness (QED) is 0.195. The molecule has 0 unspecified atom stereocenters. The maximum atomic E-state index is 14.5. The van der Waals surface area contributed by atoms with Crippen molar-refractivity contribution in [1.29, 1.82) is 0 Å². The highest BCUT2D eigenvalue weighted by Gasteiger charge is 2.82. The Kier molecular flexibility index (Phi) is 9.11. The van der Waals surface area contributed by atoms with Crippen LogP contribution in [-0.2, 0) is 12.1 Å². The number of alkyl halides is 12. The molecule has 3 aromatic rings. The first-order valence-corrected chi connectivity index (χ1v) is 12.5. The van der Waals surface area contributed by atoms with Gasteiger partial charge in [0.15, 0.2) is 0 Å². The van der Waals surface area contributed by atoms with Crippen molar-refractivity contribution < 1.29 is 62.3 Å². The number of benzene rings is 3. The molecule has 0 aliphatic heterocycles. The number of hydrogen-bond acceptors (Lipinski definition) is 2. The van der Waals surface area contributed by atoms with E-state index in [4.69, 9.17) is 0 Å². The second kappa shape index (κ2) is 11.5. The van der Waals surface area contributed by atoms with Gasteiger partial charge in [-0.15, -0.1) is 0 Å². The Hall–Kier alpha value is -3.51. The minimum Gasteiger partial charge on any atom is -0.320 e. The molecule has 2 amide bonds. The van der Waals surface area contributed by atoms with Crippen molar-refractivity contribution in [3.05, 3.63) is 92.6 Å². The van der Waals surface area contributed by atoms with Crippen molar-refractivity contribution in [2.45, 2.75) is 30.1 Å². The summed E-state index contributed by atoms with van der Waals surface area (Å²) in [5.41, 5.74) is -6.04. The third-order valence-corrected chi connectivity index (χ3v) is 6.81. The number of nitrogens with one attached hydrogen (secondary N) is 1. The Morgan fingerprint density at radius 3 is 1.81 bits per heavy atom. The van der Waals surface area contributed by atoms with Gasteiger partial charge in [0.2, 0.25) is 0 Å². The zero-order valence-electron chi connectivity index (χ0n) is 21.0. The monoisotopic (exact) mass is 742 g/mol. The Morgan fingerprint density at radius 2 is 1.28 bits per heavy atom. The van der Waals surface area contributed by atoms with Crippen molar-refractivity contribution in [3.63, 3.8) is 0 Å². The zero-order valence-corrected chi connectivity index (χ0v) is 23.2. The molecule has 0 spiro atoms. The second-order valence-electron chi connectivity index (χ2n) is 8.83. The van der Waals surface area contributed by atoms with Crippen molar-refractivity contribution >= 4 is 45.8 Å². The van der Waals surface area contributed by atoms with Crippen LogP contribution in [0.3, 0.4) is 0 Å². The van der Waals surface area contributed by atoms with Gasteiger partial charge in [0, 0.05) is 33.0 Å². The molecule has 0 atom stereocenters. The topological polar surface area (TPSA) is 49.4 Å². The molecule has 4 nitrogen and oxygen atoms in total. The molecule has 0 saturated heterocycles. The molecule has 3 rings (SSSR count). The van der Waals surface area contributed by atoms with Gasteiger partial charge < -0.3 is 10.2 Å². The van der Waals surface area contributed by atoms with Gasteiger partial charge in [0.1, 0.15) is 0 Å². The molecule has 0 fully saturated rings. The number of carbonyl (C=O) groups excluding carboxylic acids is 2. The molecule has 0 bridgehead atoms. The fraction of sp³-hybridized carbons (Fsp3) is 0.231. The summed E-state index contributed by atoms with van der Waals surface area (Å²) in [5, 5.41) is 1.77. The van der Waals surface area contributed by atoms with Crippen LogP contribution in [0.1, 0.15) is 31.8 Å². The summed E-state index contributed by atoms with van der Waals surface area (Å²) in [6, 6.07) is 11.7. The number of anilines is 2. The van der Waals surface area contributed by atoms with E-state index >= 15 is 0 Å². The van der Waals surface area contributed by atoms with Crippen molar-refractivity contribution in [1.82, 2.24) is 0 Å². The highest BCUT2D eigenvalue weighted by Crippen LogP contribution is 2.57. The summed E-state index contributed by atoms with van der Waals surface area (Å²) in [6.07, 6.45) is -12.9. The second-order valence-corrected chi connectivity index (χ2v) is 10.00. The lowest BCUT2D eigenvalue weighted by Gasteiger charge is -2.34. The van der Waals surface area contributed by atoms with E-state index in [0.29, 0.717) is 0 Å². The number of halogens is 13. The first-order valence-electron chi connectivity index (χ1n) is 11.4. The van der Waals surface area contributed by atoms with E-state index in [9.17, 15) is 62.3 Å². The first-order chi connectivity index (χ1) is 19.5. The molecule has 17 heteroatoms. The Bertz CT molecular complexity index is 1520. The normalized spacial score (nSPS) is 13.1. The molecule has 0 aliphatic carbocycles. The SMILES string of the molecule is CN(C(=O)c1ccccc1)c1cccc(C(=O)Nc2c(I)cc(C(F)(F)C(F)(F)C(F)(F)C(F)(F)F)cc2C(F)(F)F)c1. The molecule has 1 N–H and O–H groups in total. The minimum absolute atomic E-state index is 0.0926. The smallest absolute Gasteiger partial charge is 0.320 e. The maximum absolute atomic E-state index is 14.5. The van der Waals surface area contributed by atoms with Crippen LogP contribution in [-0.4, -0.2) is 36.9 Å². The molecule has 3 aromatic carbocycles. The van der Waals surface area contributed by atoms with Gasteiger partial charge in [-0.1, -0.05) is 24.3 Å². The van der Waals surface area contributed by atoms with Gasteiger partial charge in [-0.25, -0.2) is 0 Å². The largest absolute Gasteiger partial charge is 0.460 e. The molecule has 43 heavy (non-hydrogen) atoms. The summed E-state index contributed by atoms with van der Waals surface area (Å²) in [4.78, 5) is 26.7. The van der Waals surface area contributed by atoms with Crippen LogP contribution >= 0.6 is 22.6 Å². The Morgan fingerprint density at radius 1 is 0.721 bits per heavy atom. The lowest BCUT2D eigenvalue weighted by Crippen LogP contribution is -2.59. The molecular formula is C26H15F12IN2O2. The average Bonchev–Trinajstić information content (AvgIpc) is 2.92. The predicted molar refractivity (Wildman–Crippen MR) is 138 cm³/mol. The molecular weight excluding hydrogens is 727 g/mol. The van der Waals surface area contributed by atoms with Gasteiger partial charge >= 0.3 is 30.1 Å². The third-order valence-electron chi connectivity index (χ3n) is 5.96. The number of hydrogen-bond donors (Lipinski definition) is 1. The predicted octanol–water partition coefficient (Wildman–Crippen LogP) is 8.76. The third kappa shape index (κ3) is 6.40. The highest BCUT2D eigenvalue weighted by atomic mass is 127. The fourth-order valence-electron chi connectivity index (χ4n) is 3.63. The molecule has 0 aromatic heterocycles. The lowest BCUT2D eigenvalue weighted by molar-refractivity contribution is -0.399. The number of carbonyl (C=O) groups is 2. The Balaban J connectivity index is 2.02. The van der Waals surface area contributed by atoms with Crippen LogP contribution in [0.15, 0.2) is 66.7 Å². The maximum Gasteiger partial charge on any atom is 0.460 e. The molecule has 0 heterocycles. The molecule has 0 radical (unpaired) electrons. The van der Waals surface area contributed by atoms with Crippen LogP contribution < -0.4 is 10.2 Å². The average molecular weight is 742 g/mol. The number of nitrogens with zero attached hydrogens (tertiary/aromatic N) is 1. The van der Waals surface area contributed by atoms with Crippen molar-refractivity contribution in [2.75, 3.05) is 17.3 Å². The van der Waals surface area contributed by atoms with E-state index in [1.165, 1.54) is 31.3 Å². The van der Waals surface area contributed by atoms with Crippen LogP contribution in [0, 0.1) is 3.57 Å². The standard InChI is InChI=1S/C26H15F12IN2O2/c1-41(21(43)13-6-3-2-4-7-13)16-9-5-8-14(10-16)20(42)40-19-17(23(29,30)31)11-15(12-18(19)39)22(27,28)24(32,33)25(34,35)26(36,37)38/h2-12H,1H3,(H,40,42). The summed E-state index contributed by atoms with van der Waals surface area (Å²) in [6.45, 7) is 0. The Labute approximate surface area is 247 Å². The van der Waals surface area contributed by atoms with E-state index in [-0.39, 0.29) is 22.9 Å². The van der Waals surface area contributed by atoms with Crippen LogP contribution in [0.25, 0.3) is 0 Å². The molecule has 232 valence electrons. The van der Waals surface area contributed by atoms with Crippen molar-refractivity contribution in [2.24, 2.45) is 0 Å². The van der Waals surface area contributed by atoms with Gasteiger partial charge in [-0.2, -0.15) is 52.7 Å². The van der Waals surface area contributed by atoms with Gasteiger partial charge in [-0.3, -0.25) is 9.59 Å². The van der Waals surface area contributed by atoms with Gasteiger partial charge in [0.25, 0.3) is 11.8 Å². The van der Waals surface area contributed by atoms with Crippen molar-refractivity contribution in [3.8, 4) is 0 Å². The van der Waals surface area contributed by atoms with E-state index in [1.54, 1.807) is 23.5 Å². The zero-order chi connectivity index (χ0) is 32.8. The molecule has 0 saturated carbocycles.